The minimum Gasteiger partial charge on any atom is -0.367 e. The second-order valence-corrected chi connectivity index (χ2v) is 4.15. The SMILES string of the molecule is CN(C)c1nc(Cn2cnc(N)n2)cs1. The topological polar surface area (TPSA) is 72.9 Å². The van der Waals surface area contributed by atoms with Gasteiger partial charge in [0.15, 0.2) is 5.13 Å². The van der Waals surface area contributed by atoms with Crippen LogP contribution < -0.4 is 10.6 Å². The lowest BCUT2D eigenvalue weighted by atomic mass is 10.5. The van der Waals surface area contributed by atoms with Crippen molar-refractivity contribution >= 4 is 22.4 Å². The van der Waals surface area contributed by atoms with Crippen LogP contribution in [0.4, 0.5) is 11.1 Å². The number of nitrogens with zero attached hydrogens (tertiary/aromatic N) is 5. The van der Waals surface area contributed by atoms with Crippen molar-refractivity contribution in [2.24, 2.45) is 0 Å². The highest BCUT2D eigenvalue weighted by Gasteiger charge is 2.05. The van der Waals surface area contributed by atoms with Gasteiger partial charge in [0.25, 0.3) is 0 Å². The lowest BCUT2D eigenvalue weighted by Crippen LogP contribution is -2.08. The van der Waals surface area contributed by atoms with E-state index in [1.54, 1.807) is 22.3 Å². The minimum absolute atomic E-state index is 0.290. The normalized spacial score (nSPS) is 10.5. The highest BCUT2D eigenvalue weighted by atomic mass is 32.1. The lowest BCUT2D eigenvalue weighted by molar-refractivity contribution is 0.676. The largest absolute Gasteiger partial charge is 0.367 e. The summed E-state index contributed by atoms with van der Waals surface area (Å²) in [7, 11) is 3.94. The van der Waals surface area contributed by atoms with Gasteiger partial charge in [-0.15, -0.1) is 16.4 Å². The number of aromatic nitrogens is 4. The molecule has 0 aliphatic carbocycles. The Morgan fingerprint density at radius 2 is 2.33 bits per heavy atom. The standard InChI is InChI=1S/C8H12N6S/c1-13(2)8-11-6(4-15-8)3-14-5-10-7(9)12-14/h4-5H,3H2,1-2H3,(H2,9,12). The molecule has 0 unspecified atom stereocenters. The summed E-state index contributed by atoms with van der Waals surface area (Å²) in [5, 5.41) is 6.99. The molecule has 0 atom stereocenters. The molecule has 2 aromatic rings. The molecule has 7 heteroatoms. The molecule has 0 bridgehead atoms. The van der Waals surface area contributed by atoms with Crippen LogP contribution in [0.1, 0.15) is 5.69 Å². The Morgan fingerprint density at radius 3 is 2.87 bits per heavy atom. The zero-order valence-corrected chi connectivity index (χ0v) is 9.40. The van der Waals surface area contributed by atoms with Crippen LogP contribution in [0.5, 0.6) is 0 Å². The summed E-state index contributed by atoms with van der Waals surface area (Å²) in [6, 6.07) is 0. The van der Waals surface area contributed by atoms with E-state index in [9.17, 15) is 0 Å². The molecular weight excluding hydrogens is 212 g/mol. The summed E-state index contributed by atoms with van der Waals surface area (Å²) >= 11 is 1.61. The monoisotopic (exact) mass is 224 g/mol. The van der Waals surface area contributed by atoms with Gasteiger partial charge in [0.2, 0.25) is 5.95 Å². The lowest BCUT2D eigenvalue weighted by Gasteiger charge is -2.05. The summed E-state index contributed by atoms with van der Waals surface area (Å²) in [4.78, 5) is 10.3. The molecule has 2 rings (SSSR count). The highest BCUT2D eigenvalue weighted by molar-refractivity contribution is 7.13. The summed E-state index contributed by atoms with van der Waals surface area (Å²) in [5.74, 6) is 0.290. The molecule has 2 N–H and O–H groups in total. The van der Waals surface area contributed by atoms with E-state index in [1.807, 2.05) is 24.4 Å². The number of thiazole rings is 1. The Bertz CT molecular complexity index is 445. The summed E-state index contributed by atoms with van der Waals surface area (Å²) < 4.78 is 1.67. The first-order valence-electron chi connectivity index (χ1n) is 4.42. The predicted octanol–water partition coefficient (Wildman–Crippen LogP) is 0.431. The van der Waals surface area contributed by atoms with Crippen molar-refractivity contribution in [3.63, 3.8) is 0 Å². The van der Waals surface area contributed by atoms with Gasteiger partial charge in [-0.2, -0.15) is 0 Å². The number of hydrogen-bond donors (Lipinski definition) is 1. The van der Waals surface area contributed by atoms with Crippen molar-refractivity contribution in [2.45, 2.75) is 6.54 Å². The van der Waals surface area contributed by atoms with Gasteiger partial charge in [-0.1, -0.05) is 0 Å². The zero-order valence-electron chi connectivity index (χ0n) is 8.58. The van der Waals surface area contributed by atoms with Gasteiger partial charge < -0.3 is 10.6 Å². The van der Waals surface area contributed by atoms with Crippen LogP contribution >= 0.6 is 11.3 Å². The maximum Gasteiger partial charge on any atom is 0.239 e. The molecule has 0 saturated heterocycles. The van der Waals surface area contributed by atoms with Gasteiger partial charge >= 0.3 is 0 Å². The molecule has 2 heterocycles. The van der Waals surface area contributed by atoms with E-state index in [2.05, 4.69) is 15.1 Å². The van der Waals surface area contributed by atoms with E-state index in [1.165, 1.54) is 0 Å². The third-order valence-corrected chi connectivity index (χ3v) is 2.86. The molecule has 0 aliphatic heterocycles. The fourth-order valence-electron chi connectivity index (χ4n) is 1.13. The Morgan fingerprint density at radius 1 is 1.53 bits per heavy atom. The smallest absolute Gasteiger partial charge is 0.239 e. The van der Waals surface area contributed by atoms with E-state index in [-0.39, 0.29) is 5.95 Å². The van der Waals surface area contributed by atoms with Crippen molar-refractivity contribution in [2.75, 3.05) is 24.7 Å². The summed E-state index contributed by atoms with van der Waals surface area (Å²) in [6.45, 7) is 0.606. The van der Waals surface area contributed by atoms with E-state index >= 15 is 0 Å². The first kappa shape index (κ1) is 9.91. The Balaban J connectivity index is 2.11. The van der Waals surface area contributed by atoms with Crippen LogP contribution in [0.2, 0.25) is 0 Å². The first-order chi connectivity index (χ1) is 7.15. The molecule has 15 heavy (non-hydrogen) atoms. The molecule has 0 saturated carbocycles. The second-order valence-electron chi connectivity index (χ2n) is 3.32. The zero-order chi connectivity index (χ0) is 10.8. The highest BCUT2D eigenvalue weighted by Crippen LogP contribution is 2.18. The van der Waals surface area contributed by atoms with Crippen LogP contribution in [0, 0.1) is 0 Å². The van der Waals surface area contributed by atoms with Crippen LogP contribution in [0.3, 0.4) is 0 Å². The first-order valence-corrected chi connectivity index (χ1v) is 5.30. The van der Waals surface area contributed by atoms with Crippen LogP contribution in [0.25, 0.3) is 0 Å². The molecule has 0 radical (unpaired) electrons. The number of hydrogen-bond acceptors (Lipinski definition) is 6. The Labute approximate surface area is 91.4 Å². The van der Waals surface area contributed by atoms with Gasteiger partial charge in [0, 0.05) is 19.5 Å². The van der Waals surface area contributed by atoms with Crippen LogP contribution in [0.15, 0.2) is 11.7 Å². The van der Waals surface area contributed by atoms with Crippen LogP contribution in [-0.2, 0) is 6.54 Å². The third-order valence-electron chi connectivity index (χ3n) is 1.80. The fraction of sp³-hybridized carbons (Fsp3) is 0.375. The predicted molar refractivity (Wildman–Crippen MR) is 60.0 cm³/mol. The fourth-order valence-corrected chi connectivity index (χ4v) is 1.87. The number of anilines is 2. The molecule has 0 aromatic carbocycles. The number of nitrogens with two attached hydrogens (primary N) is 1. The van der Waals surface area contributed by atoms with Crippen molar-refractivity contribution in [3.8, 4) is 0 Å². The number of nitrogen functional groups attached to an aromatic ring is 1. The van der Waals surface area contributed by atoms with Crippen molar-refractivity contribution in [1.29, 1.82) is 0 Å². The molecule has 6 nitrogen and oxygen atoms in total. The molecular formula is C8H12N6S. The van der Waals surface area contributed by atoms with Gasteiger partial charge in [0.1, 0.15) is 6.33 Å². The minimum atomic E-state index is 0.290. The van der Waals surface area contributed by atoms with E-state index in [0.717, 1.165) is 10.8 Å². The Hall–Kier alpha value is -1.63. The molecule has 80 valence electrons. The molecule has 0 spiro atoms. The molecule has 0 amide bonds. The molecule has 2 aromatic heterocycles. The van der Waals surface area contributed by atoms with Crippen molar-refractivity contribution in [1.82, 2.24) is 19.7 Å². The van der Waals surface area contributed by atoms with E-state index < -0.39 is 0 Å². The van der Waals surface area contributed by atoms with E-state index in [4.69, 9.17) is 5.73 Å². The van der Waals surface area contributed by atoms with Gasteiger partial charge in [-0.3, -0.25) is 0 Å². The summed E-state index contributed by atoms with van der Waals surface area (Å²) in [5.41, 5.74) is 6.38. The van der Waals surface area contributed by atoms with Crippen LogP contribution in [-0.4, -0.2) is 33.8 Å². The van der Waals surface area contributed by atoms with Gasteiger partial charge in [-0.05, 0) is 0 Å². The molecule has 0 fully saturated rings. The maximum atomic E-state index is 5.42. The number of rotatable bonds is 3. The average Bonchev–Trinajstić information content (AvgIpc) is 2.76. The third kappa shape index (κ3) is 2.24. The molecule has 0 aliphatic rings. The summed E-state index contributed by atoms with van der Waals surface area (Å²) in [6.07, 6.45) is 1.60. The Kier molecular flexibility index (Phi) is 2.55. The van der Waals surface area contributed by atoms with Gasteiger partial charge in [0.05, 0.1) is 12.2 Å². The quantitative estimate of drug-likeness (QED) is 0.818. The second kappa shape index (κ2) is 3.85. The van der Waals surface area contributed by atoms with Crippen molar-refractivity contribution in [3.05, 3.63) is 17.4 Å². The average molecular weight is 224 g/mol. The van der Waals surface area contributed by atoms with Gasteiger partial charge in [-0.25, -0.2) is 14.6 Å². The van der Waals surface area contributed by atoms with Crippen molar-refractivity contribution < 1.29 is 0 Å². The van der Waals surface area contributed by atoms with E-state index in [0.29, 0.717) is 6.54 Å². The maximum absolute atomic E-state index is 5.42.